The van der Waals surface area contributed by atoms with E-state index in [-0.39, 0.29) is 5.78 Å². The molecule has 0 aliphatic rings. The maximum absolute atomic E-state index is 11.1. The van der Waals surface area contributed by atoms with Gasteiger partial charge in [0, 0.05) is 0 Å². The Balaban J connectivity index is 2.66. The molecule has 0 aliphatic carbocycles. The van der Waals surface area contributed by atoms with Crippen LogP contribution in [0, 0.1) is 12.8 Å². The molecule has 0 fully saturated rings. The third-order valence-electron chi connectivity index (χ3n) is 2.75. The molecule has 0 radical (unpaired) electrons. The highest BCUT2D eigenvalue weighted by Gasteiger charge is 2.22. The number of Topliss-reactive ketones (excluding diaryl/α,β-unsaturated/α-hetero) is 1. The lowest BCUT2D eigenvalue weighted by Gasteiger charge is -2.09. The smallest absolute Gasteiger partial charge is 0.314 e. The molecule has 1 N–H and O–H groups in total. The number of hydrogen-bond donors (Lipinski definition) is 1. The van der Waals surface area contributed by atoms with E-state index in [1.54, 1.807) is 0 Å². The van der Waals surface area contributed by atoms with Gasteiger partial charge in [0.25, 0.3) is 0 Å². The maximum Gasteiger partial charge on any atom is 0.314 e. The molecule has 0 heterocycles. The number of carbonyl (C=O) groups is 2. The molecule has 86 valence electrons. The van der Waals surface area contributed by atoms with Gasteiger partial charge in [-0.25, -0.2) is 0 Å². The molecule has 0 aliphatic heterocycles. The summed E-state index contributed by atoms with van der Waals surface area (Å²) in [4.78, 5) is 21.9. The molecule has 1 unspecified atom stereocenters. The van der Waals surface area contributed by atoms with Crippen LogP contribution in [0.5, 0.6) is 0 Å². The molecule has 0 amide bonds. The molecule has 0 saturated heterocycles. The van der Waals surface area contributed by atoms with Gasteiger partial charge in [-0.05, 0) is 37.8 Å². The van der Waals surface area contributed by atoms with Crippen molar-refractivity contribution < 1.29 is 14.7 Å². The summed E-state index contributed by atoms with van der Waals surface area (Å²) in [5.74, 6) is -2.18. The highest BCUT2D eigenvalue weighted by molar-refractivity contribution is 5.96. The molecule has 0 spiro atoms. The molecule has 0 aromatic heterocycles. The fourth-order valence-corrected chi connectivity index (χ4v) is 1.69. The lowest BCUT2D eigenvalue weighted by molar-refractivity contribution is -0.145. The van der Waals surface area contributed by atoms with Gasteiger partial charge in [-0.2, -0.15) is 0 Å². The Morgan fingerprint density at radius 3 is 2.44 bits per heavy atom. The summed E-state index contributed by atoms with van der Waals surface area (Å²) in [6, 6.07) is 7.82. The average Bonchev–Trinajstić information content (AvgIpc) is 2.20. The van der Waals surface area contributed by atoms with Gasteiger partial charge >= 0.3 is 5.97 Å². The van der Waals surface area contributed by atoms with Gasteiger partial charge < -0.3 is 5.11 Å². The van der Waals surface area contributed by atoms with Crippen LogP contribution in [0.2, 0.25) is 0 Å². The Kier molecular flexibility index (Phi) is 4.23. The summed E-state index contributed by atoms with van der Waals surface area (Å²) in [6.07, 6.45) is 0.999. The Hall–Kier alpha value is -1.64. The zero-order valence-corrected chi connectivity index (χ0v) is 9.56. The van der Waals surface area contributed by atoms with Crippen molar-refractivity contribution >= 4 is 11.8 Å². The van der Waals surface area contributed by atoms with Crippen LogP contribution in [-0.4, -0.2) is 16.9 Å². The Morgan fingerprint density at radius 2 is 1.94 bits per heavy atom. The number of aliphatic carboxylic acids is 1. The summed E-state index contributed by atoms with van der Waals surface area (Å²) in [7, 11) is 0. The Bertz CT molecular complexity index is 382. The molecule has 1 atom stereocenters. The van der Waals surface area contributed by atoms with Crippen molar-refractivity contribution in [3.8, 4) is 0 Å². The van der Waals surface area contributed by atoms with E-state index >= 15 is 0 Å². The zero-order valence-electron chi connectivity index (χ0n) is 9.56. The monoisotopic (exact) mass is 220 g/mol. The first-order valence-corrected chi connectivity index (χ1v) is 5.30. The molecular formula is C13H16O3. The Morgan fingerprint density at radius 1 is 1.31 bits per heavy atom. The zero-order chi connectivity index (χ0) is 12.1. The lowest BCUT2D eigenvalue weighted by atomic mass is 9.94. The van der Waals surface area contributed by atoms with E-state index in [4.69, 9.17) is 5.11 Å². The number of carboxylic acid groups (broad SMARTS) is 1. The highest BCUT2D eigenvalue weighted by atomic mass is 16.4. The fourth-order valence-electron chi connectivity index (χ4n) is 1.69. The van der Waals surface area contributed by atoms with E-state index in [1.165, 1.54) is 6.92 Å². The van der Waals surface area contributed by atoms with E-state index in [0.29, 0.717) is 12.8 Å². The summed E-state index contributed by atoms with van der Waals surface area (Å²) >= 11 is 0. The van der Waals surface area contributed by atoms with E-state index in [9.17, 15) is 9.59 Å². The standard InChI is InChI=1S/C13H16O3/c1-9-5-3-4-6-11(9)7-8-12(10(2)14)13(15)16/h3-6,12H,7-8H2,1-2H3,(H,15,16). The minimum Gasteiger partial charge on any atom is -0.481 e. The number of carboxylic acids is 1. The second kappa shape index (κ2) is 5.45. The van der Waals surface area contributed by atoms with Crippen LogP contribution in [0.4, 0.5) is 0 Å². The lowest BCUT2D eigenvalue weighted by Crippen LogP contribution is -2.22. The average molecular weight is 220 g/mol. The van der Waals surface area contributed by atoms with Gasteiger partial charge in [-0.3, -0.25) is 9.59 Å². The third kappa shape index (κ3) is 3.19. The summed E-state index contributed by atoms with van der Waals surface area (Å²) < 4.78 is 0. The van der Waals surface area contributed by atoms with Crippen molar-refractivity contribution in [3.05, 3.63) is 35.4 Å². The number of aryl methyl sites for hydroxylation is 2. The van der Waals surface area contributed by atoms with Gasteiger partial charge in [-0.15, -0.1) is 0 Å². The van der Waals surface area contributed by atoms with Crippen molar-refractivity contribution in [2.75, 3.05) is 0 Å². The van der Waals surface area contributed by atoms with Gasteiger partial charge in [0.15, 0.2) is 0 Å². The summed E-state index contributed by atoms with van der Waals surface area (Å²) in [5, 5.41) is 8.87. The maximum atomic E-state index is 11.1. The number of carbonyl (C=O) groups excluding carboxylic acids is 1. The molecule has 16 heavy (non-hydrogen) atoms. The summed E-state index contributed by atoms with van der Waals surface area (Å²) in [5.41, 5.74) is 2.24. The van der Waals surface area contributed by atoms with E-state index in [0.717, 1.165) is 11.1 Å². The van der Waals surface area contributed by atoms with E-state index < -0.39 is 11.9 Å². The molecule has 1 rings (SSSR count). The third-order valence-corrected chi connectivity index (χ3v) is 2.75. The normalized spacial score (nSPS) is 12.1. The van der Waals surface area contributed by atoms with Gasteiger partial charge in [0.1, 0.15) is 11.7 Å². The molecule has 3 heteroatoms. The van der Waals surface area contributed by atoms with Crippen LogP contribution in [0.25, 0.3) is 0 Å². The van der Waals surface area contributed by atoms with Crippen LogP contribution in [-0.2, 0) is 16.0 Å². The van der Waals surface area contributed by atoms with Crippen molar-refractivity contribution in [2.24, 2.45) is 5.92 Å². The van der Waals surface area contributed by atoms with Gasteiger partial charge in [-0.1, -0.05) is 24.3 Å². The predicted octanol–water partition coefficient (Wildman–Crippen LogP) is 2.22. The minimum absolute atomic E-state index is 0.277. The molecule has 0 bridgehead atoms. The molecule has 0 saturated carbocycles. The van der Waals surface area contributed by atoms with Gasteiger partial charge in [0.05, 0.1) is 0 Å². The van der Waals surface area contributed by atoms with Crippen molar-refractivity contribution in [1.29, 1.82) is 0 Å². The second-order valence-electron chi connectivity index (χ2n) is 3.97. The largest absolute Gasteiger partial charge is 0.481 e. The SMILES string of the molecule is CC(=O)C(CCc1ccccc1C)C(=O)O. The van der Waals surface area contributed by atoms with Gasteiger partial charge in [0.2, 0.25) is 0 Å². The molecule has 1 aromatic carbocycles. The first-order chi connectivity index (χ1) is 7.52. The Labute approximate surface area is 95.1 Å². The van der Waals surface area contributed by atoms with Crippen LogP contribution in [0.1, 0.15) is 24.5 Å². The van der Waals surface area contributed by atoms with E-state index in [1.807, 2.05) is 31.2 Å². The van der Waals surface area contributed by atoms with Crippen LogP contribution in [0.3, 0.4) is 0 Å². The number of hydrogen-bond acceptors (Lipinski definition) is 2. The molecule has 1 aromatic rings. The number of rotatable bonds is 5. The van der Waals surface area contributed by atoms with E-state index in [2.05, 4.69) is 0 Å². The minimum atomic E-state index is -1.03. The number of benzene rings is 1. The molecular weight excluding hydrogens is 204 g/mol. The predicted molar refractivity (Wildman–Crippen MR) is 61.3 cm³/mol. The first kappa shape index (κ1) is 12.4. The van der Waals surface area contributed by atoms with Crippen molar-refractivity contribution in [2.45, 2.75) is 26.7 Å². The number of ketones is 1. The van der Waals surface area contributed by atoms with Crippen LogP contribution >= 0.6 is 0 Å². The first-order valence-electron chi connectivity index (χ1n) is 5.30. The fraction of sp³-hybridized carbons (Fsp3) is 0.385. The topological polar surface area (TPSA) is 54.4 Å². The van der Waals surface area contributed by atoms with Crippen LogP contribution < -0.4 is 0 Å². The highest BCUT2D eigenvalue weighted by Crippen LogP contribution is 2.14. The van der Waals surface area contributed by atoms with Crippen LogP contribution in [0.15, 0.2) is 24.3 Å². The van der Waals surface area contributed by atoms with Crippen molar-refractivity contribution in [1.82, 2.24) is 0 Å². The van der Waals surface area contributed by atoms with Crippen molar-refractivity contribution in [3.63, 3.8) is 0 Å². The molecule has 3 nitrogen and oxygen atoms in total. The summed E-state index contributed by atoms with van der Waals surface area (Å²) in [6.45, 7) is 3.31. The second-order valence-corrected chi connectivity index (χ2v) is 3.97. The quantitative estimate of drug-likeness (QED) is 0.774.